The predicted octanol–water partition coefficient (Wildman–Crippen LogP) is 4.88. The number of allylic oxidation sites excluding steroid dienone is 1. The van der Waals surface area contributed by atoms with E-state index < -0.39 is 0 Å². The molecule has 1 aromatic heterocycles. The molecule has 0 saturated carbocycles. The van der Waals surface area contributed by atoms with Gasteiger partial charge in [0.2, 0.25) is 5.88 Å². The van der Waals surface area contributed by atoms with Crippen molar-refractivity contribution < 1.29 is 4.74 Å². The van der Waals surface area contributed by atoms with Gasteiger partial charge in [0.1, 0.15) is 17.4 Å². The van der Waals surface area contributed by atoms with E-state index in [1.165, 1.54) is 0 Å². The second-order valence-corrected chi connectivity index (χ2v) is 7.16. The van der Waals surface area contributed by atoms with Gasteiger partial charge in [-0.15, -0.1) is 11.3 Å². The summed E-state index contributed by atoms with van der Waals surface area (Å²) in [5.74, 6) is 0.740. The Kier molecular flexibility index (Phi) is 3.37. The zero-order chi connectivity index (χ0) is 16.0. The number of thiophene rings is 1. The van der Waals surface area contributed by atoms with Gasteiger partial charge in [0.05, 0.1) is 5.92 Å². The molecule has 0 aliphatic carbocycles. The Morgan fingerprint density at radius 2 is 2.04 bits per heavy atom. The van der Waals surface area contributed by atoms with Gasteiger partial charge in [-0.05, 0) is 27.4 Å². The molecule has 0 amide bonds. The summed E-state index contributed by atoms with van der Waals surface area (Å²) >= 11 is 5.09. The Bertz CT molecular complexity index is 1000. The van der Waals surface area contributed by atoms with Crippen LogP contribution in [0.2, 0.25) is 0 Å². The van der Waals surface area contributed by atoms with Crippen LogP contribution < -0.4 is 10.5 Å². The maximum Gasteiger partial charge on any atom is 0.205 e. The van der Waals surface area contributed by atoms with Crippen LogP contribution in [0, 0.1) is 11.3 Å². The van der Waals surface area contributed by atoms with E-state index >= 15 is 0 Å². The van der Waals surface area contributed by atoms with Gasteiger partial charge in [-0.25, -0.2) is 0 Å². The van der Waals surface area contributed by atoms with Gasteiger partial charge in [0, 0.05) is 25.7 Å². The standard InChI is InChI=1S/C18H11BrN2OS/c19-11-7-15(23-9-11)16-13-6-5-10-3-1-2-4-12(10)17(13)22-18(21)14(16)8-20/h1-7,9,16H,21H2/t16-/m1/s1. The Labute approximate surface area is 145 Å². The molecule has 1 aliphatic rings. The number of halogens is 1. The summed E-state index contributed by atoms with van der Waals surface area (Å²) in [7, 11) is 0. The van der Waals surface area contributed by atoms with Crippen LogP contribution in [-0.4, -0.2) is 0 Å². The summed E-state index contributed by atoms with van der Waals surface area (Å²) in [6, 6.07) is 16.4. The molecule has 4 rings (SSSR count). The monoisotopic (exact) mass is 382 g/mol. The van der Waals surface area contributed by atoms with E-state index in [0.717, 1.165) is 31.4 Å². The lowest BCUT2D eigenvalue weighted by Gasteiger charge is -2.26. The zero-order valence-corrected chi connectivity index (χ0v) is 14.3. The summed E-state index contributed by atoms with van der Waals surface area (Å²) in [5.41, 5.74) is 7.49. The molecule has 2 aromatic carbocycles. The fraction of sp³-hybridized carbons (Fsp3) is 0.0556. The molecule has 0 bridgehead atoms. The molecule has 2 N–H and O–H groups in total. The molecule has 1 aliphatic heterocycles. The Morgan fingerprint density at radius 1 is 1.22 bits per heavy atom. The van der Waals surface area contributed by atoms with Crippen molar-refractivity contribution >= 4 is 38.0 Å². The van der Waals surface area contributed by atoms with E-state index in [2.05, 4.69) is 28.1 Å². The molecule has 0 saturated heterocycles. The number of nitrogens with zero attached hydrogens (tertiary/aromatic N) is 1. The normalized spacial score (nSPS) is 16.8. The largest absolute Gasteiger partial charge is 0.440 e. The first-order valence-corrected chi connectivity index (χ1v) is 8.69. The Morgan fingerprint density at radius 3 is 2.78 bits per heavy atom. The van der Waals surface area contributed by atoms with Crippen LogP contribution in [0.4, 0.5) is 0 Å². The van der Waals surface area contributed by atoms with E-state index in [0.29, 0.717) is 5.57 Å². The maximum absolute atomic E-state index is 9.56. The average Bonchev–Trinajstić information content (AvgIpc) is 2.99. The molecule has 23 heavy (non-hydrogen) atoms. The van der Waals surface area contributed by atoms with E-state index in [1.807, 2.05) is 41.8 Å². The van der Waals surface area contributed by atoms with Crippen molar-refractivity contribution in [1.82, 2.24) is 0 Å². The summed E-state index contributed by atoms with van der Waals surface area (Å²) < 4.78 is 6.84. The lowest BCUT2D eigenvalue weighted by atomic mass is 9.86. The van der Waals surface area contributed by atoms with Crippen molar-refractivity contribution in [2.45, 2.75) is 5.92 Å². The zero-order valence-electron chi connectivity index (χ0n) is 11.9. The highest BCUT2D eigenvalue weighted by molar-refractivity contribution is 9.10. The van der Waals surface area contributed by atoms with E-state index in [1.54, 1.807) is 11.3 Å². The molecule has 5 heteroatoms. The van der Waals surface area contributed by atoms with Gasteiger partial charge in [0.15, 0.2) is 0 Å². The minimum atomic E-state index is -0.190. The van der Waals surface area contributed by atoms with Gasteiger partial charge >= 0.3 is 0 Å². The number of ether oxygens (including phenoxy) is 1. The van der Waals surface area contributed by atoms with Gasteiger partial charge in [0.25, 0.3) is 0 Å². The first-order chi connectivity index (χ1) is 11.2. The maximum atomic E-state index is 9.56. The van der Waals surface area contributed by atoms with Crippen LogP contribution in [0.1, 0.15) is 16.4 Å². The van der Waals surface area contributed by atoms with Crippen molar-refractivity contribution in [2.75, 3.05) is 0 Å². The quantitative estimate of drug-likeness (QED) is 0.652. The van der Waals surface area contributed by atoms with Crippen molar-refractivity contribution in [3.63, 3.8) is 0 Å². The van der Waals surface area contributed by atoms with Crippen LogP contribution in [0.5, 0.6) is 5.75 Å². The summed E-state index contributed by atoms with van der Waals surface area (Å²) in [6.07, 6.45) is 0. The molecule has 0 radical (unpaired) electrons. The van der Waals surface area contributed by atoms with Crippen molar-refractivity contribution in [1.29, 1.82) is 5.26 Å². The van der Waals surface area contributed by atoms with E-state index in [9.17, 15) is 5.26 Å². The lowest BCUT2D eigenvalue weighted by molar-refractivity contribution is 0.399. The molecule has 0 spiro atoms. The summed E-state index contributed by atoms with van der Waals surface area (Å²) in [5, 5.41) is 13.7. The fourth-order valence-corrected chi connectivity index (χ4v) is 4.53. The number of hydrogen-bond donors (Lipinski definition) is 1. The molecule has 3 aromatic rings. The predicted molar refractivity (Wildman–Crippen MR) is 95.3 cm³/mol. The van der Waals surface area contributed by atoms with Crippen LogP contribution in [-0.2, 0) is 0 Å². The molecule has 0 fully saturated rings. The highest BCUT2D eigenvalue weighted by Gasteiger charge is 2.32. The third-order valence-corrected chi connectivity index (χ3v) is 5.74. The first kappa shape index (κ1) is 14.3. The van der Waals surface area contributed by atoms with Crippen molar-refractivity contribution in [3.8, 4) is 11.8 Å². The van der Waals surface area contributed by atoms with Crippen LogP contribution in [0.25, 0.3) is 10.8 Å². The van der Waals surface area contributed by atoms with Gasteiger partial charge < -0.3 is 10.5 Å². The third-order valence-electron chi connectivity index (χ3n) is 3.98. The van der Waals surface area contributed by atoms with Crippen LogP contribution in [0.15, 0.2) is 63.8 Å². The Hall–Kier alpha value is -2.29. The molecule has 1 atom stereocenters. The highest BCUT2D eigenvalue weighted by atomic mass is 79.9. The van der Waals surface area contributed by atoms with Gasteiger partial charge in [-0.1, -0.05) is 36.4 Å². The minimum absolute atomic E-state index is 0.186. The summed E-state index contributed by atoms with van der Waals surface area (Å²) in [4.78, 5) is 1.07. The molecule has 0 unspecified atom stereocenters. The van der Waals surface area contributed by atoms with E-state index in [4.69, 9.17) is 10.5 Å². The second kappa shape index (κ2) is 5.41. The van der Waals surface area contributed by atoms with Gasteiger partial charge in [-0.2, -0.15) is 5.26 Å². The van der Waals surface area contributed by atoms with Crippen molar-refractivity contribution in [2.24, 2.45) is 5.73 Å². The number of nitrogens with two attached hydrogens (primary N) is 1. The summed E-state index contributed by atoms with van der Waals surface area (Å²) in [6.45, 7) is 0. The van der Waals surface area contributed by atoms with E-state index in [-0.39, 0.29) is 11.8 Å². The van der Waals surface area contributed by atoms with Crippen LogP contribution >= 0.6 is 27.3 Å². The smallest absolute Gasteiger partial charge is 0.205 e. The topological polar surface area (TPSA) is 59.0 Å². The number of rotatable bonds is 1. The number of benzene rings is 2. The first-order valence-electron chi connectivity index (χ1n) is 7.02. The van der Waals surface area contributed by atoms with Crippen molar-refractivity contribution in [3.05, 3.63) is 74.2 Å². The Balaban J connectivity index is 2.02. The lowest BCUT2D eigenvalue weighted by Crippen LogP contribution is -2.20. The number of nitriles is 1. The molecule has 2 heterocycles. The second-order valence-electron chi connectivity index (χ2n) is 5.30. The fourth-order valence-electron chi connectivity index (χ4n) is 2.96. The highest BCUT2D eigenvalue weighted by Crippen LogP contribution is 2.46. The molecule has 3 nitrogen and oxygen atoms in total. The molecular formula is C18H11BrN2OS. The number of fused-ring (bicyclic) bond motifs is 3. The number of hydrogen-bond acceptors (Lipinski definition) is 4. The third kappa shape index (κ3) is 2.23. The van der Waals surface area contributed by atoms with Gasteiger partial charge in [-0.3, -0.25) is 0 Å². The SMILES string of the molecule is N#CC1=C(N)Oc2c(ccc3ccccc23)[C@H]1c1cc(Br)cs1. The molecular weight excluding hydrogens is 372 g/mol. The average molecular weight is 383 g/mol. The van der Waals surface area contributed by atoms with Crippen LogP contribution in [0.3, 0.4) is 0 Å². The molecule has 112 valence electrons. The minimum Gasteiger partial charge on any atom is -0.440 e.